The van der Waals surface area contributed by atoms with Gasteiger partial charge in [0.05, 0.1) is 0 Å². The van der Waals surface area contributed by atoms with Crippen LogP contribution >= 0.6 is 0 Å². The Balaban J connectivity index is 1.64. The van der Waals surface area contributed by atoms with Crippen molar-refractivity contribution in [3.8, 4) is 0 Å². The summed E-state index contributed by atoms with van der Waals surface area (Å²) in [6.07, 6.45) is 2.51. The van der Waals surface area contributed by atoms with Crippen molar-refractivity contribution in [3.05, 3.63) is 11.5 Å². The van der Waals surface area contributed by atoms with E-state index in [9.17, 15) is 22.8 Å². The first kappa shape index (κ1) is 24.2. The third-order valence-electron chi connectivity index (χ3n) is 6.05. The highest BCUT2D eigenvalue weighted by Crippen LogP contribution is 2.28. The highest BCUT2D eigenvalue weighted by molar-refractivity contribution is 7.89. The number of carbonyl (C=O) groups excluding carboxylic acids is 3. The van der Waals surface area contributed by atoms with Gasteiger partial charge in [-0.3, -0.25) is 14.5 Å². The molecule has 1 aromatic rings. The van der Waals surface area contributed by atoms with E-state index in [1.807, 2.05) is 13.8 Å². The van der Waals surface area contributed by atoms with Crippen molar-refractivity contribution in [3.63, 3.8) is 0 Å². The molecule has 0 spiro atoms. The fourth-order valence-electron chi connectivity index (χ4n) is 4.52. The summed E-state index contributed by atoms with van der Waals surface area (Å²) in [7, 11) is -3.79. The Hall–Kier alpha value is -2.47. The molecule has 0 unspecified atom stereocenters. The molecule has 12 heteroatoms. The van der Waals surface area contributed by atoms with E-state index in [-0.39, 0.29) is 55.2 Å². The van der Waals surface area contributed by atoms with Gasteiger partial charge in [-0.05, 0) is 26.7 Å². The molecule has 0 aliphatic carbocycles. The third kappa shape index (κ3) is 4.25. The topological polar surface area (TPSA) is 133 Å². The number of nitrogens with one attached hydrogen (secondary N) is 1. The zero-order valence-electron chi connectivity index (χ0n) is 19.0. The second-order valence-corrected chi connectivity index (χ2v) is 10.2. The summed E-state index contributed by atoms with van der Waals surface area (Å²) in [5, 5.41) is 6.50. The maximum absolute atomic E-state index is 13.0. The number of piperazine rings is 1. The van der Waals surface area contributed by atoms with Crippen LogP contribution in [0.5, 0.6) is 0 Å². The van der Waals surface area contributed by atoms with Gasteiger partial charge in [0, 0.05) is 26.2 Å². The summed E-state index contributed by atoms with van der Waals surface area (Å²) in [4.78, 5) is 40.8. The lowest BCUT2D eigenvalue weighted by atomic mass is 9.88. The standard InChI is InChI=1S/C20H31N5O6S/c1-5-7-20(8-6-2)18(27)25(19(28)21-20)13-16(26)23-9-11-24(12-10-23)32(29,30)17-14(3)22-31-15(17)4/h5-13H2,1-4H3,(H,21,28). The molecule has 2 aliphatic rings. The van der Waals surface area contributed by atoms with Gasteiger partial charge in [0.25, 0.3) is 5.91 Å². The maximum atomic E-state index is 13.0. The second-order valence-electron chi connectivity index (χ2n) is 8.34. The molecule has 11 nitrogen and oxygen atoms in total. The highest BCUT2D eigenvalue weighted by atomic mass is 32.2. The summed E-state index contributed by atoms with van der Waals surface area (Å²) in [5.41, 5.74) is -0.649. The van der Waals surface area contributed by atoms with Crippen LogP contribution < -0.4 is 5.32 Å². The molecule has 0 saturated carbocycles. The van der Waals surface area contributed by atoms with E-state index in [4.69, 9.17) is 4.52 Å². The van der Waals surface area contributed by atoms with Gasteiger partial charge in [-0.25, -0.2) is 13.2 Å². The minimum atomic E-state index is -3.79. The SMILES string of the molecule is CCCC1(CCC)NC(=O)N(CC(=O)N2CCN(S(=O)(=O)c3c(C)noc3C)CC2)C1=O. The number of amides is 4. The first-order valence-electron chi connectivity index (χ1n) is 10.9. The largest absolute Gasteiger partial charge is 0.360 e. The van der Waals surface area contributed by atoms with Crippen molar-refractivity contribution >= 4 is 27.9 Å². The van der Waals surface area contributed by atoms with Crippen molar-refractivity contribution in [1.82, 2.24) is 24.6 Å². The number of imide groups is 1. The first-order valence-corrected chi connectivity index (χ1v) is 12.4. The molecule has 0 atom stereocenters. The molecule has 1 N–H and O–H groups in total. The lowest BCUT2D eigenvalue weighted by Crippen LogP contribution is -2.53. The van der Waals surface area contributed by atoms with Crippen LogP contribution in [-0.2, 0) is 19.6 Å². The number of nitrogens with zero attached hydrogens (tertiary/aromatic N) is 4. The van der Waals surface area contributed by atoms with Crippen molar-refractivity contribution in [2.45, 2.75) is 63.8 Å². The predicted octanol–water partition coefficient (Wildman–Crippen LogP) is 1.02. The average Bonchev–Trinajstić information content (AvgIpc) is 3.20. The molecule has 32 heavy (non-hydrogen) atoms. The van der Waals surface area contributed by atoms with E-state index in [0.717, 1.165) is 17.7 Å². The van der Waals surface area contributed by atoms with Crippen LogP contribution in [0.15, 0.2) is 9.42 Å². The molecule has 0 radical (unpaired) electrons. The summed E-state index contributed by atoms with van der Waals surface area (Å²) in [6, 6.07) is -0.551. The van der Waals surface area contributed by atoms with Crippen LogP contribution in [0.2, 0.25) is 0 Å². The van der Waals surface area contributed by atoms with Crippen molar-refractivity contribution in [2.24, 2.45) is 0 Å². The minimum Gasteiger partial charge on any atom is -0.360 e. The van der Waals surface area contributed by atoms with Crippen LogP contribution in [0.3, 0.4) is 0 Å². The highest BCUT2D eigenvalue weighted by Gasteiger charge is 2.50. The Morgan fingerprint density at radius 2 is 1.69 bits per heavy atom. The number of aryl methyl sites for hydroxylation is 2. The van der Waals surface area contributed by atoms with Gasteiger partial charge < -0.3 is 14.7 Å². The molecule has 3 heterocycles. The van der Waals surface area contributed by atoms with Crippen molar-refractivity contribution in [1.29, 1.82) is 0 Å². The molecule has 3 rings (SSSR count). The van der Waals surface area contributed by atoms with Crippen LogP contribution in [0.25, 0.3) is 0 Å². The Bertz CT molecular complexity index is 971. The molecule has 2 fully saturated rings. The number of hydrogen-bond acceptors (Lipinski definition) is 7. The Labute approximate surface area is 188 Å². The first-order chi connectivity index (χ1) is 15.1. The molecular weight excluding hydrogens is 438 g/mol. The summed E-state index contributed by atoms with van der Waals surface area (Å²) in [6.45, 7) is 7.19. The number of urea groups is 1. The van der Waals surface area contributed by atoms with E-state index < -0.39 is 21.6 Å². The normalized spacial score (nSPS) is 19.5. The molecule has 2 aliphatic heterocycles. The minimum absolute atomic E-state index is 0.0554. The monoisotopic (exact) mass is 469 g/mol. The van der Waals surface area contributed by atoms with E-state index in [2.05, 4.69) is 10.5 Å². The number of carbonyl (C=O) groups is 3. The van der Waals surface area contributed by atoms with Gasteiger partial charge in [0.1, 0.15) is 22.7 Å². The molecule has 178 valence electrons. The van der Waals surface area contributed by atoms with Gasteiger partial charge in [-0.15, -0.1) is 0 Å². The lowest BCUT2D eigenvalue weighted by Gasteiger charge is -2.34. The molecule has 2 saturated heterocycles. The average molecular weight is 470 g/mol. The fraction of sp³-hybridized carbons (Fsp3) is 0.700. The van der Waals surface area contributed by atoms with Crippen LogP contribution in [0.1, 0.15) is 51.0 Å². The van der Waals surface area contributed by atoms with Crippen LogP contribution in [-0.4, -0.2) is 83.8 Å². The Morgan fingerprint density at radius 1 is 1.09 bits per heavy atom. The van der Waals surface area contributed by atoms with Gasteiger partial charge >= 0.3 is 6.03 Å². The smallest absolute Gasteiger partial charge is 0.325 e. The van der Waals surface area contributed by atoms with Crippen molar-refractivity contribution in [2.75, 3.05) is 32.7 Å². The quantitative estimate of drug-likeness (QED) is 0.562. The zero-order valence-corrected chi connectivity index (χ0v) is 19.8. The van der Waals surface area contributed by atoms with Crippen molar-refractivity contribution < 1.29 is 27.3 Å². The molecule has 0 bridgehead atoms. The van der Waals surface area contributed by atoms with E-state index in [1.165, 1.54) is 9.21 Å². The summed E-state index contributed by atoms with van der Waals surface area (Å²) >= 11 is 0. The van der Waals surface area contributed by atoms with Gasteiger partial charge in [0.15, 0.2) is 5.76 Å². The van der Waals surface area contributed by atoms with E-state index >= 15 is 0 Å². The fourth-order valence-corrected chi connectivity index (χ4v) is 6.24. The number of rotatable bonds is 8. The zero-order chi connectivity index (χ0) is 23.7. The molecule has 1 aromatic heterocycles. The van der Waals surface area contributed by atoms with E-state index in [0.29, 0.717) is 18.5 Å². The lowest BCUT2D eigenvalue weighted by molar-refractivity contribution is -0.139. The maximum Gasteiger partial charge on any atom is 0.325 e. The van der Waals surface area contributed by atoms with E-state index in [1.54, 1.807) is 13.8 Å². The Morgan fingerprint density at radius 3 is 2.19 bits per heavy atom. The number of aromatic nitrogens is 1. The van der Waals surface area contributed by atoms with Gasteiger partial charge in [-0.1, -0.05) is 31.8 Å². The molecule has 4 amide bonds. The van der Waals surface area contributed by atoms with Crippen LogP contribution in [0, 0.1) is 13.8 Å². The van der Waals surface area contributed by atoms with Gasteiger partial charge in [0.2, 0.25) is 15.9 Å². The van der Waals surface area contributed by atoms with Crippen LogP contribution in [0.4, 0.5) is 4.79 Å². The molecule has 0 aromatic carbocycles. The van der Waals surface area contributed by atoms with Gasteiger partial charge in [-0.2, -0.15) is 4.31 Å². The predicted molar refractivity (Wildman–Crippen MR) is 114 cm³/mol. The summed E-state index contributed by atoms with van der Waals surface area (Å²) in [5.74, 6) is -0.520. The summed E-state index contributed by atoms with van der Waals surface area (Å²) < 4.78 is 32.2. The third-order valence-corrected chi connectivity index (χ3v) is 8.19. The number of sulfonamides is 1. The Kier molecular flexibility index (Phi) is 6.94. The second kappa shape index (κ2) is 9.18. The number of hydrogen-bond donors (Lipinski definition) is 1. The molecular formula is C20H31N5O6S.